The molecule has 1 spiro atoms. The lowest BCUT2D eigenvalue weighted by Crippen LogP contribution is -2.40. The van der Waals surface area contributed by atoms with Crippen molar-refractivity contribution in [3.63, 3.8) is 0 Å². The van der Waals surface area contributed by atoms with E-state index >= 15 is 0 Å². The Balaban J connectivity index is 1.41. The molecule has 25 heavy (non-hydrogen) atoms. The van der Waals surface area contributed by atoms with Crippen LogP contribution in [0.4, 0.5) is 0 Å². The molecule has 4 heterocycles. The summed E-state index contributed by atoms with van der Waals surface area (Å²) in [5.74, 6) is 1.14. The van der Waals surface area contributed by atoms with E-state index in [-0.39, 0.29) is 5.41 Å². The lowest BCUT2D eigenvalue weighted by molar-refractivity contribution is 0.0703. The zero-order chi connectivity index (χ0) is 17.1. The number of aryl methyl sites for hydroxylation is 1. The van der Waals surface area contributed by atoms with E-state index in [2.05, 4.69) is 43.5 Å². The summed E-state index contributed by atoms with van der Waals surface area (Å²) in [5, 5.41) is 0. The molecule has 6 nitrogen and oxygen atoms in total. The van der Waals surface area contributed by atoms with Crippen molar-refractivity contribution in [3.05, 3.63) is 48.3 Å². The Bertz CT molecular complexity index is 688. The Hall–Kier alpha value is -1.76. The Morgan fingerprint density at radius 1 is 1.08 bits per heavy atom. The fourth-order valence-electron chi connectivity index (χ4n) is 4.12. The quantitative estimate of drug-likeness (QED) is 0.844. The topological polar surface area (TPSA) is 46.4 Å². The maximum Gasteiger partial charge on any atom is 0.122 e. The summed E-state index contributed by atoms with van der Waals surface area (Å²) >= 11 is 0. The van der Waals surface area contributed by atoms with Gasteiger partial charge in [-0.15, -0.1) is 0 Å². The molecule has 0 aliphatic carbocycles. The van der Waals surface area contributed by atoms with Crippen molar-refractivity contribution in [3.8, 4) is 0 Å². The van der Waals surface area contributed by atoms with E-state index in [4.69, 9.17) is 4.74 Å². The van der Waals surface area contributed by atoms with E-state index in [0.29, 0.717) is 0 Å². The number of imidazole rings is 1. The molecule has 2 aromatic heterocycles. The van der Waals surface area contributed by atoms with Crippen LogP contribution in [0.2, 0.25) is 0 Å². The van der Waals surface area contributed by atoms with Gasteiger partial charge in [-0.3, -0.25) is 14.8 Å². The Morgan fingerprint density at radius 3 is 2.64 bits per heavy atom. The smallest absolute Gasteiger partial charge is 0.122 e. The fraction of sp³-hybridized carbons (Fsp3) is 0.579. The van der Waals surface area contributed by atoms with Crippen molar-refractivity contribution < 1.29 is 4.74 Å². The second-order valence-corrected chi connectivity index (χ2v) is 7.53. The number of pyridine rings is 1. The lowest BCUT2D eigenvalue weighted by Gasteiger charge is -2.32. The minimum absolute atomic E-state index is 0.245. The van der Waals surface area contributed by atoms with Crippen LogP contribution in [0.25, 0.3) is 0 Å². The fourth-order valence-corrected chi connectivity index (χ4v) is 4.12. The zero-order valence-corrected chi connectivity index (χ0v) is 15.0. The molecule has 0 aromatic carbocycles. The molecule has 0 radical (unpaired) electrons. The second kappa shape index (κ2) is 7.23. The number of aromatic nitrogens is 3. The molecule has 1 unspecified atom stereocenters. The minimum Gasteiger partial charge on any atom is -0.379 e. The highest BCUT2D eigenvalue weighted by Crippen LogP contribution is 2.34. The second-order valence-electron chi connectivity index (χ2n) is 7.53. The summed E-state index contributed by atoms with van der Waals surface area (Å²) in [6.07, 6.45) is 8.86. The largest absolute Gasteiger partial charge is 0.379 e. The van der Waals surface area contributed by atoms with Crippen LogP contribution in [0, 0.1) is 5.41 Å². The molecule has 0 bridgehead atoms. The lowest BCUT2D eigenvalue weighted by atomic mass is 9.87. The number of hydrogen-bond donors (Lipinski definition) is 0. The maximum atomic E-state index is 6.01. The highest BCUT2D eigenvalue weighted by atomic mass is 16.5. The Morgan fingerprint density at radius 2 is 1.88 bits per heavy atom. The molecular weight excluding hydrogens is 314 g/mol. The van der Waals surface area contributed by atoms with Gasteiger partial charge in [-0.2, -0.15) is 0 Å². The first-order valence-electron chi connectivity index (χ1n) is 9.10. The van der Waals surface area contributed by atoms with Crippen molar-refractivity contribution >= 4 is 0 Å². The van der Waals surface area contributed by atoms with Gasteiger partial charge in [0.1, 0.15) is 5.82 Å². The van der Waals surface area contributed by atoms with E-state index in [1.807, 2.05) is 24.8 Å². The molecule has 134 valence electrons. The van der Waals surface area contributed by atoms with Gasteiger partial charge in [0.15, 0.2) is 0 Å². The summed E-state index contributed by atoms with van der Waals surface area (Å²) in [5.41, 5.74) is 1.57. The van der Waals surface area contributed by atoms with E-state index in [0.717, 1.165) is 58.3 Å². The van der Waals surface area contributed by atoms with E-state index in [1.165, 1.54) is 12.0 Å². The SMILES string of the molecule is Cn1ccnc1CN1CCC2(COCCN(Cc3ccncc3)C2)C1. The van der Waals surface area contributed by atoms with Crippen molar-refractivity contribution in [1.82, 2.24) is 24.3 Å². The Labute approximate surface area is 149 Å². The zero-order valence-electron chi connectivity index (χ0n) is 15.0. The minimum atomic E-state index is 0.245. The van der Waals surface area contributed by atoms with Gasteiger partial charge in [0, 0.05) is 63.4 Å². The molecule has 6 heteroatoms. The number of nitrogens with zero attached hydrogens (tertiary/aromatic N) is 5. The van der Waals surface area contributed by atoms with Gasteiger partial charge >= 0.3 is 0 Å². The summed E-state index contributed by atoms with van der Waals surface area (Å²) in [6.45, 7) is 7.92. The van der Waals surface area contributed by atoms with Crippen LogP contribution >= 0.6 is 0 Å². The van der Waals surface area contributed by atoms with Gasteiger partial charge in [-0.05, 0) is 30.7 Å². The van der Waals surface area contributed by atoms with Gasteiger partial charge in [0.25, 0.3) is 0 Å². The van der Waals surface area contributed by atoms with Crippen LogP contribution in [0.1, 0.15) is 17.8 Å². The number of hydrogen-bond acceptors (Lipinski definition) is 5. The van der Waals surface area contributed by atoms with Crippen LogP contribution in [0.5, 0.6) is 0 Å². The molecule has 1 atom stereocenters. The molecule has 2 aliphatic rings. The molecule has 0 amide bonds. The molecule has 4 rings (SSSR count). The van der Waals surface area contributed by atoms with Gasteiger partial charge in [0.05, 0.1) is 19.8 Å². The normalized spacial score (nSPS) is 25.5. The van der Waals surface area contributed by atoms with Crippen LogP contribution in [0.15, 0.2) is 36.9 Å². The third-order valence-corrected chi connectivity index (χ3v) is 5.48. The number of rotatable bonds is 4. The van der Waals surface area contributed by atoms with Crippen LogP contribution in [0.3, 0.4) is 0 Å². The summed E-state index contributed by atoms with van der Waals surface area (Å²) in [7, 11) is 2.07. The van der Waals surface area contributed by atoms with E-state index in [9.17, 15) is 0 Å². The van der Waals surface area contributed by atoms with Crippen molar-refractivity contribution in [2.75, 3.05) is 39.4 Å². The molecule has 0 N–H and O–H groups in total. The average Bonchev–Trinajstić information content (AvgIpc) is 3.13. The van der Waals surface area contributed by atoms with Gasteiger partial charge in [0.2, 0.25) is 0 Å². The predicted octanol–water partition coefficient (Wildman–Crippen LogP) is 1.54. The summed E-state index contributed by atoms with van der Waals surface area (Å²) < 4.78 is 8.12. The maximum absolute atomic E-state index is 6.01. The Kier molecular flexibility index (Phi) is 4.83. The summed E-state index contributed by atoms with van der Waals surface area (Å²) in [6, 6.07) is 4.22. The first kappa shape index (κ1) is 16.7. The molecular formula is C19H27N5O. The molecule has 2 aliphatic heterocycles. The molecule has 2 saturated heterocycles. The van der Waals surface area contributed by atoms with Gasteiger partial charge in [-0.1, -0.05) is 0 Å². The summed E-state index contributed by atoms with van der Waals surface area (Å²) in [4.78, 5) is 13.7. The third-order valence-electron chi connectivity index (χ3n) is 5.48. The number of likely N-dealkylation sites (tertiary alicyclic amines) is 1. The highest BCUT2D eigenvalue weighted by Gasteiger charge is 2.41. The molecule has 2 fully saturated rings. The van der Waals surface area contributed by atoms with Crippen LogP contribution in [-0.4, -0.2) is 63.7 Å². The third kappa shape index (κ3) is 3.92. The van der Waals surface area contributed by atoms with E-state index in [1.54, 1.807) is 0 Å². The van der Waals surface area contributed by atoms with Crippen LogP contribution in [-0.2, 0) is 24.9 Å². The first-order valence-corrected chi connectivity index (χ1v) is 9.10. The van der Waals surface area contributed by atoms with Crippen molar-refractivity contribution in [2.24, 2.45) is 12.5 Å². The van der Waals surface area contributed by atoms with Gasteiger partial charge in [-0.25, -0.2) is 4.98 Å². The monoisotopic (exact) mass is 341 g/mol. The van der Waals surface area contributed by atoms with E-state index < -0.39 is 0 Å². The first-order chi connectivity index (χ1) is 12.2. The van der Waals surface area contributed by atoms with Crippen molar-refractivity contribution in [1.29, 1.82) is 0 Å². The molecule has 2 aromatic rings. The molecule has 0 saturated carbocycles. The number of ether oxygens (including phenoxy) is 1. The van der Waals surface area contributed by atoms with Crippen LogP contribution < -0.4 is 0 Å². The van der Waals surface area contributed by atoms with Crippen molar-refractivity contribution in [2.45, 2.75) is 19.5 Å². The average molecular weight is 341 g/mol. The van der Waals surface area contributed by atoms with Gasteiger partial charge < -0.3 is 9.30 Å². The standard InChI is InChI=1S/C19H27N5O/c1-22-9-7-21-18(22)13-23-8-4-19(14-23)15-24(10-11-25-16-19)12-17-2-5-20-6-3-17/h2-3,5-7,9H,4,8,10-16H2,1H3. The predicted molar refractivity (Wildman–Crippen MR) is 95.9 cm³/mol. The highest BCUT2D eigenvalue weighted by molar-refractivity contribution is 5.10.